The van der Waals surface area contributed by atoms with Gasteiger partial charge >= 0.3 is 0 Å². The Morgan fingerprint density at radius 3 is 2.70 bits per heavy atom. The fraction of sp³-hybridized carbons (Fsp3) is 0.375. The minimum Gasteiger partial charge on any atom is -0.354 e. The number of piperazine rings is 1. The summed E-state index contributed by atoms with van der Waals surface area (Å²) in [5, 5.41) is 10.2. The molecule has 4 nitrogen and oxygen atoms in total. The monoisotopic (exact) mass is 266 g/mol. The van der Waals surface area contributed by atoms with Crippen LogP contribution in [0.25, 0.3) is 10.9 Å². The van der Waals surface area contributed by atoms with E-state index >= 15 is 0 Å². The van der Waals surface area contributed by atoms with E-state index in [1.165, 1.54) is 0 Å². The molecule has 0 unspecified atom stereocenters. The second-order valence-electron chi connectivity index (χ2n) is 5.29. The molecule has 0 N–H and O–H groups in total. The van der Waals surface area contributed by atoms with Crippen LogP contribution in [-0.4, -0.2) is 43.1 Å². The lowest BCUT2D eigenvalue weighted by Crippen LogP contribution is -2.45. The van der Waals surface area contributed by atoms with E-state index in [9.17, 15) is 0 Å². The molecule has 102 valence electrons. The van der Waals surface area contributed by atoms with Crippen molar-refractivity contribution in [1.29, 1.82) is 5.26 Å². The Morgan fingerprint density at radius 1 is 1.20 bits per heavy atom. The molecule has 3 rings (SSSR count). The van der Waals surface area contributed by atoms with E-state index in [4.69, 9.17) is 10.2 Å². The van der Waals surface area contributed by atoms with Gasteiger partial charge in [-0.05, 0) is 19.2 Å². The summed E-state index contributed by atoms with van der Waals surface area (Å²) in [5.41, 5.74) is 2.04. The topological polar surface area (TPSA) is 43.2 Å². The van der Waals surface area contributed by atoms with Gasteiger partial charge in [-0.25, -0.2) is 4.98 Å². The van der Waals surface area contributed by atoms with Crippen molar-refractivity contribution in [3.8, 4) is 6.07 Å². The van der Waals surface area contributed by atoms with E-state index in [0.29, 0.717) is 6.42 Å². The first kappa shape index (κ1) is 12.9. The van der Waals surface area contributed by atoms with Crippen molar-refractivity contribution in [3.63, 3.8) is 0 Å². The van der Waals surface area contributed by atoms with Crippen molar-refractivity contribution >= 4 is 16.7 Å². The third kappa shape index (κ3) is 2.45. The highest BCUT2D eigenvalue weighted by molar-refractivity contribution is 5.82. The zero-order valence-corrected chi connectivity index (χ0v) is 11.7. The Labute approximate surface area is 119 Å². The number of anilines is 1. The minimum absolute atomic E-state index is 0.416. The molecule has 0 saturated carbocycles. The number of aromatic nitrogens is 1. The zero-order chi connectivity index (χ0) is 13.9. The standard InChI is InChI=1S/C16H18N4/c1-19-8-10-20(11-9-19)16-14(6-7-17)12-13-4-2-3-5-15(13)18-16/h2-5,12H,6,8-11H2,1H3. The molecule has 1 aromatic carbocycles. The third-order valence-corrected chi connectivity index (χ3v) is 3.85. The number of nitriles is 1. The average molecular weight is 266 g/mol. The second-order valence-corrected chi connectivity index (χ2v) is 5.29. The molecule has 1 aliphatic heterocycles. The lowest BCUT2D eigenvalue weighted by Gasteiger charge is -2.34. The molecule has 0 aliphatic carbocycles. The van der Waals surface area contributed by atoms with Gasteiger partial charge in [0.2, 0.25) is 0 Å². The summed E-state index contributed by atoms with van der Waals surface area (Å²) in [5.74, 6) is 0.985. The van der Waals surface area contributed by atoms with Crippen molar-refractivity contribution in [2.24, 2.45) is 0 Å². The second kappa shape index (κ2) is 5.48. The van der Waals surface area contributed by atoms with Gasteiger partial charge in [0, 0.05) is 37.1 Å². The SMILES string of the molecule is CN1CCN(c2nc3ccccc3cc2CC#N)CC1. The Morgan fingerprint density at radius 2 is 1.95 bits per heavy atom. The number of nitrogens with zero attached hydrogens (tertiary/aromatic N) is 4. The van der Waals surface area contributed by atoms with E-state index < -0.39 is 0 Å². The highest BCUT2D eigenvalue weighted by atomic mass is 15.3. The molecule has 1 saturated heterocycles. The van der Waals surface area contributed by atoms with E-state index in [1.807, 2.05) is 18.2 Å². The molecule has 0 radical (unpaired) electrons. The summed E-state index contributed by atoms with van der Waals surface area (Å²) >= 11 is 0. The molecule has 2 aromatic rings. The van der Waals surface area contributed by atoms with Crippen molar-refractivity contribution in [3.05, 3.63) is 35.9 Å². The van der Waals surface area contributed by atoms with Gasteiger partial charge < -0.3 is 9.80 Å². The highest BCUT2D eigenvalue weighted by Crippen LogP contribution is 2.24. The summed E-state index contributed by atoms with van der Waals surface area (Å²) in [7, 11) is 2.14. The van der Waals surface area contributed by atoms with Gasteiger partial charge in [-0.2, -0.15) is 5.26 Å². The summed E-state index contributed by atoms with van der Waals surface area (Å²) in [4.78, 5) is 9.42. The number of rotatable bonds is 2. The Bertz CT molecular complexity index is 651. The van der Waals surface area contributed by atoms with Crippen LogP contribution in [-0.2, 0) is 6.42 Å². The fourth-order valence-electron chi connectivity index (χ4n) is 2.66. The van der Waals surface area contributed by atoms with Crippen LogP contribution >= 0.6 is 0 Å². The lowest BCUT2D eigenvalue weighted by molar-refractivity contribution is 0.312. The van der Waals surface area contributed by atoms with Crippen LogP contribution in [0.15, 0.2) is 30.3 Å². The van der Waals surface area contributed by atoms with Gasteiger partial charge in [0.05, 0.1) is 18.0 Å². The molecule has 1 aromatic heterocycles. The van der Waals surface area contributed by atoms with Gasteiger partial charge in [0.15, 0.2) is 0 Å². The van der Waals surface area contributed by atoms with Gasteiger partial charge in [0.1, 0.15) is 5.82 Å². The molecule has 0 bridgehead atoms. The van der Waals surface area contributed by atoms with Gasteiger partial charge in [0.25, 0.3) is 0 Å². The first-order chi connectivity index (χ1) is 9.78. The van der Waals surface area contributed by atoms with Crippen molar-refractivity contribution in [2.75, 3.05) is 38.1 Å². The van der Waals surface area contributed by atoms with Gasteiger partial charge in [-0.15, -0.1) is 0 Å². The van der Waals surface area contributed by atoms with Gasteiger partial charge in [-0.1, -0.05) is 18.2 Å². The largest absolute Gasteiger partial charge is 0.354 e. The number of pyridine rings is 1. The van der Waals surface area contributed by atoms with Crippen LogP contribution in [0.1, 0.15) is 5.56 Å². The van der Waals surface area contributed by atoms with Crippen LogP contribution < -0.4 is 4.90 Å². The van der Waals surface area contributed by atoms with E-state index in [1.54, 1.807) is 0 Å². The fourth-order valence-corrected chi connectivity index (χ4v) is 2.66. The predicted molar refractivity (Wildman–Crippen MR) is 80.8 cm³/mol. The lowest BCUT2D eigenvalue weighted by atomic mass is 10.1. The smallest absolute Gasteiger partial charge is 0.133 e. The van der Waals surface area contributed by atoms with E-state index in [2.05, 4.69) is 35.0 Å². The van der Waals surface area contributed by atoms with Crippen molar-refractivity contribution in [2.45, 2.75) is 6.42 Å². The molecule has 4 heteroatoms. The molecule has 1 fully saturated rings. The Balaban J connectivity index is 2.03. The zero-order valence-electron chi connectivity index (χ0n) is 11.7. The average Bonchev–Trinajstić information content (AvgIpc) is 2.48. The molecule has 20 heavy (non-hydrogen) atoms. The number of hydrogen-bond acceptors (Lipinski definition) is 4. The molecular weight excluding hydrogens is 248 g/mol. The maximum Gasteiger partial charge on any atom is 0.133 e. The van der Waals surface area contributed by atoms with E-state index in [-0.39, 0.29) is 0 Å². The van der Waals surface area contributed by atoms with Crippen molar-refractivity contribution < 1.29 is 0 Å². The van der Waals surface area contributed by atoms with Crippen LogP contribution in [0, 0.1) is 11.3 Å². The minimum atomic E-state index is 0.416. The number of benzene rings is 1. The number of hydrogen-bond donors (Lipinski definition) is 0. The quantitative estimate of drug-likeness (QED) is 0.834. The maximum atomic E-state index is 9.05. The maximum absolute atomic E-state index is 9.05. The van der Waals surface area contributed by atoms with Crippen LogP contribution in [0.3, 0.4) is 0 Å². The third-order valence-electron chi connectivity index (χ3n) is 3.85. The highest BCUT2D eigenvalue weighted by Gasteiger charge is 2.18. The van der Waals surface area contributed by atoms with Crippen LogP contribution in [0.5, 0.6) is 0 Å². The summed E-state index contributed by atoms with van der Waals surface area (Å²) in [6, 6.07) is 12.5. The Hall–Kier alpha value is -2.12. The first-order valence-electron chi connectivity index (χ1n) is 6.97. The molecular formula is C16H18N4. The number of para-hydroxylation sites is 1. The molecule has 0 spiro atoms. The molecule has 1 aliphatic rings. The normalized spacial score (nSPS) is 16.3. The first-order valence-corrected chi connectivity index (χ1v) is 6.97. The molecule has 2 heterocycles. The summed E-state index contributed by atoms with van der Waals surface area (Å²) in [6.45, 7) is 4.03. The predicted octanol–water partition coefficient (Wildman–Crippen LogP) is 2.05. The van der Waals surface area contributed by atoms with Crippen LogP contribution in [0.4, 0.5) is 5.82 Å². The Kier molecular flexibility index (Phi) is 3.53. The van der Waals surface area contributed by atoms with Crippen LogP contribution in [0.2, 0.25) is 0 Å². The number of likely N-dealkylation sites (N-methyl/N-ethyl adjacent to an activating group) is 1. The van der Waals surface area contributed by atoms with E-state index in [0.717, 1.165) is 48.5 Å². The van der Waals surface area contributed by atoms with Gasteiger partial charge in [-0.3, -0.25) is 0 Å². The molecule has 0 amide bonds. The summed E-state index contributed by atoms with van der Waals surface area (Å²) in [6.07, 6.45) is 0.416. The molecule has 0 atom stereocenters. The summed E-state index contributed by atoms with van der Waals surface area (Å²) < 4.78 is 0. The van der Waals surface area contributed by atoms with Crippen molar-refractivity contribution in [1.82, 2.24) is 9.88 Å². The number of fused-ring (bicyclic) bond motifs is 1.